The topological polar surface area (TPSA) is 108 Å². The molecule has 0 saturated heterocycles. The number of alkyl halides is 1. The van der Waals surface area contributed by atoms with Crippen LogP contribution in [0, 0.1) is 5.41 Å². The van der Waals surface area contributed by atoms with Crippen LogP contribution in [0.5, 0.6) is 0 Å². The Labute approximate surface area is 214 Å². The predicted molar refractivity (Wildman–Crippen MR) is 142 cm³/mol. The van der Waals surface area contributed by atoms with Gasteiger partial charge in [-0.25, -0.2) is 14.2 Å². The maximum Gasteiger partial charge on any atom is 0.336 e. The van der Waals surface area contributed by atoms with Crippen LogP contribution in [0.2, 0.25) is 0 Å². The number of halogens is 1. The van der Waals surface area contributed by atoms with Gasteiger partial charge in [0, 0.05) is 12.8 Å². The lowest BCUT2D eigenvalue weighted by Gasteiger charge is -2.20. The number of carboxylic acids is 1. The van der Waals surface area contributed by atoms with E-state index in [1.54, 1.807) is 6.07 Å². The van der Waals surface area contributed by atoms with Gasteiger partial charge in [-0.3, -0.25) is 4.79 Å². The number of aryl methyl sites for hydroxylation is 1. The Balaban J connectivity index is 1.63. The number of para-hydroxylation sites is 2. The minimum Gasteiger partial charge on any atom is -0.478 e. The average molecular weight is 501 g/mol. The van der Waals surface area contributed by atoms with Gasteiger partial charge in [0.25, 0.3) is 5.91 Å². The molecule has 0 unspecified atom stereocenters. The number of rotatable bonds is 11. The Morgan fingerprint density at radius 2 is 1.73 bits per heavy atom. The number of carbonyl (C=O) groups is 2. The zero-order valence-electron chi connectivity index (χ0n) is 20.6. The summed E-state index contributed by atoms with van der Waals surface area (Å²) in [4.78, 5) is 30.2. The zero-order chi connectivity index (χ0) is 26.4. The van der Waals surface area contributed by atoms with Gasteiger partial charge in [0.1, 0.15) is 12.5 Å². The molecule has 3 N–H and O–H groups in total. The first kappa shape index (κ1) is 25.8. The fraction of sp³-hybridized carbons (Fsp3) is 0.241. The molecule has 1 atom stereocenters. The molecule has 1 amide bonds. The lowest BCUT2D eigenvalue weighted by atomic mass is 9.98. The average Bonchev–Trinajstić information content (AvgIpc) is 3.26. The van der Waals surface area contributed by atoms with Gasteiger partial charge in [0.2, 0.25) is 0 Å². The molecular weight excluding hydrogens is 471 g/mol. The van der Waals surface area contributed by atoms with Crippen molar-refractivity contribution < 1.29 is 19.1 Å². The second-order valence-corrected chi connectivity index (χ2v) is 8.96. The first-order chi connectivity index (χ1) is 17.9. The van der Waals surface area contributed by atoms with Gasteiger partial charge in [-0.2, -0.15) is 0 Å². The minimum atomic E-state index is -1.19. The molecule has 0 aliphatic rings. The summed E-state index contributed by atoms with van der Waals surface area (Å²) in [6.45, 7) is -0.762. The number of hydrogen-bond donors (Lipinski definition) is 3. The number of hydrogen-bond acceptors (Lipinski definition) is 4. The van der Waals surface area contributed by atoms with E-state index in [1.807, 2.05) is 66.2 Å². The number of nitrogens with zero attached hydrogens (tertiary/aromatic N) is 2. The number of amides is 1. The van der Waals surface area contributed by atoms with Crippen molar-refractivity contribution in [1.29, 1.82) is 5.41 Å². The number of carbonyl (C=O) groups excluding carboxylic acids is 1. The van der Waals surface area contributed by atoms with Crippen molar-refractivity contribution in [3.63, 3.8) is 0 Å². The molecule has 8 heteroatoms. The van der Waals surface area contributed by atoms with Gasteiger partial charge in [-0.15, -0.1) is 0 Å². The van der Waals surface area contributed by atoms with Crippen LogP contribution in [0.4, 0.5) is 4.39 Å². The maximum atomic E-state index is 13.4. The number of fused-ring (bicyclic) bond motifs is 1. The lowest BCUT2D eigenvalue weighted by Crippen LogP contribution is -2.31. The summed E-state index contributed by atoms with van der Waals surface area (Å²) < 4.78 is 14.6. The lowest BCUT2D eigenvalue weighted by molar-refractivity contribution is 0.0690. The van der Waals surface area contributed by atoms with E-state index >= 15 is 0 Å². The van der Waals surface area contributed by atoms with Gasteiger partial charge >= 0.3 is 5.97 Å². The Morgan fingerprint density at radius 3 is 2.43 bits per heavy atom. The first-order valence-electron chi connectivity index (χ1n) is 12.2. The highest BCUT2D eigenvalue weighted by Crippen LogP contribution is 2.26. The first-order valence-corrected chi connectivity index (χ1v) is 12.2. The molecule has 0 radical (unpaired) electrons. The third-order valence-corrected chi connectivity index (χ3v) is 6.42. The molecule has 0 aliphatic carbocycles. The van der Waals surface area contributed by atoms with E-state index in [-0.39, 0.29) is 16.8 Å². The summed E-state index contributed by atoms with van der Waals surface area (Å²) in [6, 6.07) is 21.3. The number of nitrogens with one attached hydrogen (secondary N) is 2. The second-order valence-electron chi connectivity index (χ2n) is 8.96. The van der Waals surface area contributed by atoms with Crippen LogP contribution in [0.25, 0.3) is 22.2 Å². The Bertz CT molecular complexity index is 1430. The molecule has 37 heavy (non-hydrogen) atoms. The Hall–Kier alpha value is -4.33. The van der Waals surface area contributed by atoms with Crippen LogP contribution in [-0.2, 0) is 7.05 Å². The fourth-order valence-corrected chi connectivity index (χ4v) is 4.46. The number of aromatic nitrogens is 2. The molecule has 1 heterocycles. The highest BCUT2D eigenvalue weighted by Gasteiger charge is 2.24. The fourth-order valence-electron chi connectivity index (χ4n) is 4.46. The van der Waals surface area contributed by atoms with Gasteiger partial charge in [0.15, 0.2) is 0 Å². The van der Waals surface area contributed by atoms with Crippen LogP contribution in [-0.4, -0.2) is 38.9 Å². The minimum absolute atomic E-state index is 0.0490. The van der Waals surface area contributed by atoms with Crippen LogP contribution in [0.15, 0.2) is 72.8 Å². The molecule has 4 rings (SSSR count). The summed E-state index contributed by atoms with van der Waals surface area (Å²) in [5.41, 5.74) is 3.29. The van der Waals surface area contributed by atoms with Crippen molar-refractivity contribution in [1.82, 2.24) is 14.9 Å². The van der Waals surface area contributed by atoms with Crippen LogP contribution in [0.3, 0.4) is 0 Å². The Morgan fingerprint density at radius 1 is 1.00 bits per heavy atom. The summed E-state index contributed by atoms with van der Waals surface area (Å²) in [5.74, 6) is -1.05. The van der Waals surface area contributed by atoms with E-state index < -0.39 is 24.6 Å². The van der Waals surface area contributed by atoms with E-state index in [0.717, 1.165) is 16.6 Å². The zero-order valence-corrected chi connectivity index (χ0v) is 20.6. The highest BCUT2D eigenvalue weighted by molar-refractivity contribution is 6.05. The Kier molecular flexibility index (Phi) is 8.08. The molecule has 3 aromatic carbocycles. The largest absolute Gasteiger partial charge is 0.478 e. The van der Waals surface area contributed by atoms with E-state index in [4.69, 9.17) is 10.4 Å². The number of unbranched alkanes of at least 4 members (excludes halogenated alkanes) is 1. The van der Waals surface area contributed by atoms with Crippen molar-refractivity contribution in [2.24, 2.45) is 7.05 Å². The third-order valence-electron chi connectivity index (χ3n) is 6.42. The van der Waals surface area contributed by atoms with Crippen molar-refractivity contribution in [3.05, 3.63) is 89.7 Å². The normalized spacial score (nSPS) is 11.8. The molecular formula is C29H29FN4O3. The van der Waals surface area contributed by atoms with Crippen LogP contribution < -0.4 is 5.32 Å². The number of aromatic carboxylic acids is 1. The SMILES string of the molecule is Cn1c([C@H](CCCCC(=N)CF)NC(=O)c2ccc(-c3ccccc3)cc2C(=O)O)nc2ccccc21. The quantitative estimate of drug-likeness (QED) is 0.174. The van der Waals surface area contributed by atoms with E-state index in [9.17, 15) is 19.1 Å². The molecule has 0 bridgehead atoms. The van der Waals surface area contributed by atoms with Gasteiger partial charge in [-0.1, -0.05) is 55.0 Å². The molecule has 1 aromatic heterocycles. The van der Waals surface area contributed by atoms with Gasteiger partial charge in [-0.05, 0) is 54.7 Å². The van der Waals surface area contributed by atoms with E-state index in [1.165, 1.54) is 12.1 Å². The smallest absolute Gasteiger partial charge is 0.336 e. The highest BCUT2D eigenvalue weighted by atomic mass is 19.1. The van der Waals surface area contributed by atoms with Crippen LogP contribution in [0.1, 0.15) is 58.3 Å². The third kappa shape index (κ3) is 5.91. The maximum absolute atomic E-state index is 13.4. The number of imidazole rings is 1. The van der Waals surface area contributed by atoms with Crippen molar-refractivity contribution in [3.8, 4) is 11.1 Å². The van der Waals surface area contributed by atoms with Gasteiger partial charge in [0.05, 0.1) is 28.2 Å². The monoisotopic (exact) mass is 500 g/mol. The summed E-state index contributed by atoms with van der Waals surface area (Å²) >= 11 is 0. The standard InChI is InChI=1S/C29H29FN4O3/c1-34-26-14-8-7-12-24(26)32-27(34)25(13-6-5-11-21(31)18-30)33-28(35)22-16-15-20(17-23(22)29(36)37)19-9-3-2-4-10-19/h2-4,7-10,12,14-17,25,31H,5-6,11,13,18H2,1H3,(H,33,35)(H,36,37)/t25-/m0/s1. The molecule has 4 aromatic rings. The van der Waals surface area contributed by atoms with Crippen molar-refractivity contribution >= 4 is 28.6 Å². The molecule has 0 spiro atoms. The number of benzene rings is 3. The molecule has 190 valence electrons. The van der Waals surface area contributed by atoms with E-state index in [2.05, 4.69) is 5.32 Å². The summed E-state index contributed by atoms with van der Waals surface area (Å²) in [7, 11) is 1.87. The molecule has 0 saturated carbocycles. The summed E-state index contributed by atoms with van der Waals surface area (Å²) in [5, 5.41) is 20.4. The van der Waals surface area contributed by atoms with Crippen molar-refractivity contribution in [2.45, 2.75) is 31.7 Å². The number of carboxylic acid groups (broad SMARTS) is 1. The molecule has 0 aliphatic heterocycles. The predicted octanol–water partition coefficient (Wildman–Crippen LogP) is 5.96. The second kappa shape index (κ2) is 11.6. The van der Waals surface area contributed by atoms with Gasteiger partial charge < -0.3 is 20.4 Å². The molecule has 0 fully saturated rings. The molecule has 7 nitrogen and oxygen atoms in total. The van der Waals surface area contributed by atoms with Crippen LogP contribution >= 0.6 is 0 Å². The van der Waals surface area contributed by atoms with Crippen molar-refractivity contribution in [2.75, 3.05) is 6.67 Å². The van der Waals surface area contributed by atoms with E-state index in [0.29, 0.717) is 37.1 Å². The summed E-state index contributed by atoms with van der Waals surface area (Å²) in [6.07, 6.45) is 2.09.